The van der Waals surface area contributed by atoms with E-state index in [1.54, 1.807) is 0 Å². The van der Waals surface area contributed by atoms with Crippen LogP contribution >= 0.6 is 0 Å². The molecule has 1 unspecified atom stereocenters. The summed E-state index contributed by atoms with van der Waals surface area (Å²) < 4.78 is 0. The van der Waals surface area contributed by atoms with Gasteiger partial charge in [0.25, 0.3) is 11.7 Å². The predicted octanol–water partition coefficient (Wildman–Crippen LogP) is 6.29. The fourth-order valence-corrected chi connectivity index (χ4v) is 4.63. The van der Waals surface area contributed by atoms with Crippen LogP contribution in [0.5, 0.6) is 0 Å². The van der Waals surface area contributed by atoms with Gasteiger partial charge in [-0.15, -0.1) is 0 Å². The number of nitrogens with zero attached hydrogens (tertiary/aromatic N) is 2. The minimum Gasteiger partial charge on any atom is -0.507 e. The molecule has 1 heterocycles. The van der Waals surface area contributed by atoms with E-state index >= 15 is 0 Å². The molecule has 1 aliphatic heterocycles. The summed E-state index contributed by atoms with van der Waals surface area (Å²) in [6, 6.07) is 20.5. The summed E-state index contributed by atoms with van der Waals surface area (Å²) in [6.07, 6.45) is 0. The van der Waals surface area contributed by atoms with Crippen molar-refractivity contribution in [3.63, 3.8) is 0 Å². The van der Waals surface area contributed by atoms with Crippen LogP contribution in [0.3, 0.4) is 0 Å². The van der Waals surface area contributed by atoms with E-state index < -0.39 is 17.7 Å². The van der Waals surface area contributed by atoms with Crippen molar-refractivity contribution < 1.29 is 14.7 Å². The monoisotopic (exact) mass is 482 g/mol. The SMILES string of the molecule is Cc1ccc(C)c(/C(O)=C2\C(=O)C(=O)N(c3ccc(N(C)C)cc3)C2c2ccc(C(C)(C)C)cc2)c1. The summed E-state index contributed by atoms with van der Waals surface area (Å²) in [5.74, 6) is -1.48. The van der Waals surface area contributed by atoms with Gasteiger partial charge in [-0.1, -0.05) is 62.7 Å². The Morgan fingerprint density at radius 3 is 2.06 bits per heavy atom. The number of carbonyl (C=O) groups excluding carboxylic acids is 2. The van der Waals surface area contributed by atoms with Crippen molar-refractivity contribution in [3.05, 3.63) is 100 Å². The Kier molecular flexibility index (Phi) is 6.52. The van der Waals surface area contributed by atoms with Gasteiger partial charge in [-0.05, 0) is 66.3 Å². The first kappa shape index (κ1) is 25.2. The summed E-state index contributed by atoms with van der Waals surface area (Å²) >= 11 is 0. The van der Waals surface area contributed by atoms with Crippen LogP contribution in [0.25, 0.3) is 5.76 Å². The second-order valence-electron chi connectivity index (χ2n) is 10.8. The maximum absolute atomic E-state index is 13.5. The molecule has 1 atom stereocenters. The lowest BCUT2D eigenvalue weighted by molar-refractivity contribution is -0.132. The lowest BCUT2D eigenvalue weighted by atomic mass is 9.85. The van der Waals surface area contributed by atoms with Crippen LogP contribution in [-0.2, 0) is 15.0 Å². The number of hydrogen-bond acceptors (Lipinski definition) is 4. The molecule has 0 aliphatic carbocycles. The molecule has 1 N–H and O–H groups in total. The number of ketones is 1. The van der Waals surface area contributed by atoms with Crippen molar-refractivity contribution in [2.75, 3.05) is 23.9 Å². The summed E-state index contributed by atoms with van der Waals surface area (Å²) in [6.45, 7) is 10.2. The van der Waals surface area contributed by atoms with E-state index in [-0.39, 0.29) is 16.7 Å². The van der Waals surface area contributed by atoms with Crippen LogP contribution in [0.1, 0.15) is 54.6 Å². The summed E-state index contributed by atoms with van der Waals surface area (Å²) in [7, 11) is 3.89. The number of benzene rings is 3. The third-order valence-corrected chi connectivity index (χ3v) is 6.83. The van der Waals surface area contributed by atoms with Crippen molar-refractivity contribution in [1.29, 1.82) is 0 Å². The number of aryl methyl sites for hydroxylation is 2. The minimum absolute atomic E-state index is 0.0406. The van der Waals surface area contributed by atoms with Crippen molar-refractivity contribution in [3.8, 4) is 0 Å². The van der Waals surface area contributed by atoms with Gasteiger partial charge in [0.1, 0.15) is 5.76 Å². The molecule has 0 bridgehead atoms. The molecule has 0 saturated carbocycles. The van der Waals surface area contributed by atoms with Gasteiger partial charge in [-0.3, -0.25) is 14.5 Å². The number of rotatable bonds is 4. The zero-order chi connectivity index (χ0) is 26.4. The van der Waals surface area contributed by atoms with Crippen LogP contribution < -0.4 is 9.80 Å². The van der Waals surface area contributed by atoms with Gasteiger partial charge in [0, 0.05) is 31.0 Å². The number of amides is 1. The molecule has 4 rings (SSSR count). The highest BCUT2D eigenvalue weighted by Gasteiger charge is 2.47. The molecule has 1 saturated heterocycles. The Balaban J connectivity index is 1.94. The fraction of sp³-hybridized carbons (Fsp3) is 0.290. The summed E-state index contributed by atoms with van der Waals surface area (Å²) in [5.41, 5.74) is 5.92. The topological polar surface area (TPSA) is 60.9 Å². The van der Waals surface area contributed by atoms with Crippen molar-refractivity contribution in [1.82, 2.24) is 0 Å². The van der Waals surface area contributed by atoms with E-state index in [2.05, 4.69) is 20.8 Å². The van der Waals surface area contributed by atoms with E-state index in [1.165, 1.54) is 4.90 Å². The predicted molar refractivity (Wildman–Crippen MR) is 147 cm³/mol. The molecule has 0 aromatic heterocycles. The summed E-state index contributed by atoms with van der Waals surface area (Å²) in [5, 5.41) is 11.5. The van der Waals surface area contributed by atoms with Crippen LogP contribution in [0.2, 0.25) is 0 Å². The fourth-order valence-electron chi connectivity index (χ4n) is 4.63. The van der Waals surface area contributed by atoms with Gasteiger partial charge < -0.3 is 10.0 Å². The molecular weight excluding hydrogens is 448 g/mol. The molecule has 3 aromatic rings. The molecule has 5 heteroatoms. The number of hydrogen-bond donors (Lipinski definition) is 1. The molecule has 0 radical (unpaired) electrons. The Morgan fingerprint density at radius 1 is 0.889 bits per heavy atom. The van der Waals surface area contributed by atoms with Crippen LogP contribution in [0, 0.1) is 13.8 Å². The van der Waals surface area contributed by atoms with Crippen LogP contribution in [0.4, 0.5) is 11.4 Å². The van der Waals surface area contributed by atoms with Gasteiger partial charge in [0.15, 0.2) is 0 Å². The smallest absolute Gasteiger partial charge is 0.300 e. The normalized spacial score (nSPS) is 17.5. The van der Waals surface area contributed by atoms with Crippen LogP contribution in [-0.4, -0.2) is 30.9 Å². The number of aliphatic hydroxyl groups excluding tert-OH is 1. The molecule has 186 valence electrons. The highest BCUT2D eigenvalue weighted by Crippen LogP contribution is 2.43. The molecule has 1 aliphatic rings. The minimum atomic E-state index is -0.746. The Bertz CT molecular complexity index is 1340. The number of anilines is 2. The molecule has 3 aromatic carbocycles. The molecule has 5 nitrogen and oxygen atoms in total. The largest absolute Gasteiger partial charge is 0.507 e. The van der Waals surface area contributed by atoms with E-state index in [0.717, 1.165) is 27.9 Å². The first-order valence-corrected chi connectivity index (χ1v) is 12.2. The Morgan fingerprint density at radius 2 is 1.50 bits per heavy atom. The van der Waals surface area contributed by atoms with E-state index in [4.69, 9.17) is 0 Å². The standard InChI is InChI=1S/C31H34N2O3/c1-19-8-9-20(2)25(18-19)28(34)26-27(21-10-12-22(13-11-21)31(3,4)5)33(30(36)29(26)35)24-16-14-23(15-17-24)32(6)7/h8-18,27,34H,1-7H3/b28-26+. The van der Waals surface area contributed by atoms with Crippen molar-refractivity contribution >= 4 is 28.8 Å². The Hall–Kier alpha value is -3.86. The summed E-state index contributed by atoms with van der Waals surface area (Å²) in [4.78, 5) is 30.4. The maximum atomic E-state index is 13.5. The molecule has 0 spiro atoms. The molecule has 1 fully saturated rings. The number of Topliss-reactive ketones (excluding diaryl/α,β-unsaturated/α-hetero) is 1. The third-order valence-electron chi connectivity index (χ3n) is 6.83. The maximum Gasteiger partial charge on any atom is 0.300 e. The number of carbonyl (C=O) groups is 2. The second-order valence-corrected chi connectivity index (χ2v) is 10.8. The van der Waals surface area contributed by atoms with Crippen molar-refractivity contribution in [2.24, 2.45) is 0 Å². The third kappa shape index (κ3) is 4.53. The van der Waals surface area contributed by atoms with E-state index in [9.17, 15) is 14.7 Å². The van der Waals surface area contributed by atoms with E-state index in [0.29, 0.717) is 11.3 Å². The second kappa shape index (κ2) is 9.30. The van der Waals surface area contributed by atoms with Gasteiger partial charge in [-0.2, -0.15) is 0 Å². The average Bonchev–Trinajstić information content (AvgIpc) is 3.10. The van der Waals surface area contributed by atoms with Gasteiger partial charge >= 0.3 is 0 Å². The first-order valence-electron chi connectivity index (χ1n) is 12.2. The lowest BCUT2D eigenvalue weighted by Gasteiger charge is -2.27. The van der Waals surface area contributed by atoms with Gasteiger partial charge in [0.05, 0.1) is 11.6 Å². The first-order chi connectivity index (χ1) is 16.9. The van der Waals surface area contributed by atoms with Gasteiger partial charge in [0.2, 0.25) is 0 Å². The van der Waals surface area contributed by atoms with Gasteiger partial charge in [-0.25, -0.2) is 0 Å². The lowest BCUT2D eigenvalue weighted by Crippen LogP contribution is -2.29. The average molecular weight is 483 g/mol. The zero-order valence-corrected chi connectivity index (χ0v) is 22.1. The van der Waals surface area contributed by atoms with Crippen LogP contribution in [0.15, 0.2) is 72.3 Å². The molecule has 36 heavy (non-hydrogen) atoms. The van der Waals surface area contributed by atoms with E-state index in [1.807, 2.05) is 99.6 Å². The molecular formula is C31H34N2O3. The quantitative estimate of drug-likeness (QED) is 0.270. The molecule has 1 amide bonds. The highest BCUT2D eigenvalue weighted by atomic mass is 16.3. The van der Waals surface area contributed by atoms with Crippen molar-refractivity contribution in [2.45, 2.75) is 46.1 Å². The number of aliphatic hydroxyl groups is 1. The Labute approximate surface area is 213 Å². The zero-order valence-electron chi connectivity index (χ0n) is 22.1. The highest BCUT2D eigenvalue weighted by molar-refractivity contribution is 6.51.